The number of nitrogens with two attached hydrogens (primary N) is 1. The van der Waals surface area contributed by atoms with Crippen LogP contribution in [0.3, 0.4) is 0 Å². The molecule has 7 nitrogen and oxygen atoms in total. The summed E-state index contributed by atoms with van der Waals surface area (Å²) in [6, 6.07) is 14.0. The number of rotatable bonds is 8. The number of ether oxygens (including phenoxy) is 1. The maximum absolute atomic E-state index is 12.2. The molecule has 4 N–H and O–H groups in total. The van der Waals surface area contributed by atoms with Gasteiger partial charge in [-0.15, -0.1) is 24.0 Å². The summed E-state index contributed by atoms with van der Waals surface area (Å²) in [7, 11) is -3.54. The van der Waals surface area contributed by atoms with Crippen LogP contribution in [0.2, 0.25) is 0 Å². The van der Waals surface area contributed by atoms with Crippen molar-refractivity contribution in [3.63, 3.8) is 0 Å². The quantitative estimate of drug-likeness (QED) is 0.216. The van der Waals surface area contributed by atoms with E-state index in [2.05, 4.69) is 15.0 Å². The molecule has 0 amide bonds. The van der Waals surface area contributed by atoms with Crippen LogP contribution < -0.4 is 20.5 Å². The molecule has 0 spiro atoms. The summed E-state index contributed by atoms with van der Waals surface area (Å²) in [5.41, 5.74) is 7.60. The lowest BCUT2D eigenvalue weighted by atomic mass is 10.2. The molecule has 0 aliphatic rings. The highest BCUT2D eigenvalue weighted by atomic mass is 127. The predicted octanol–water partition coefficient (Wildman–Crippen LogP) is 3.11. The van der Waals surface area contributed by atoms with Crippen molar-refractivity contribution in [3.05, 3.63) is 54.1 Å². The topological polar surface area (TPSA) is 106 Å². The van der Waals surface area contributed by atoms with Crippen LogP contribution >= 0.6 is 24.0 Å². The summed E-state index contributed by atoms with van der Waals surface area (Å²) >= 11 is 0. The number of guanidine groups is 1. The third kappa shape index (κ3) is 8.03. The highest BCUT2D eigenvalue weighted by molar-refractivity contribution is 14.0. The van der Waals surface area contributed by atoms with E-state index in [4.69, 9.17) is 10.5 Å². The zero-order valence-electron chi connectivity index (χ0n) is 16.2. The molecule has 0 aliphatic heterocycles. The normalized spacial score (nSPS) is 11.8. The number of nitrogens with one attached hydrogen (secondary N) is 2. The molecule has 2 aromatic carbocycles. The molecule has 9 heteroatoms. The van der Waals surface area contributed by atoms with E-state index in [-0.39, 0.29) is 54.0 Å². The number of hydrogen-bond acceptors (Lipinski definition) is 4. The van der Waals surface area contributed by atoms with Gasteiger partial charge in [-0.1, -0.05) is 17.7 Å². The summed E-state index contributed by atoms with van der Waals surface area (Å²) in [5, 5.41) is 2.95. The molecule has 0 aliphatic carbocycles. The minimum atomic E-state index is -3.54. The molecular formula is C19H27IN4O3S. The Bertz CT molecular complexity index is 867. The number of halogens is 1. The number of aliphatic imine (C=N–C) groups is 1. The van der Waals surface area contributed by atoms with Crippen molar-refractivity contribution in [1.29, 1.82) is 0 Å². The Kier molecular flexibility index (Phi) is 9.70. The molecule has 2 aromatic rings. The van der Waals surface area contributed by atoms with Gasteiger partial charge < -0.3 is 15.8 Å². The first-order valence-electron chi connectivity index (χ1n) is 8.66. The van der Waals surface area contributed by atoms with Gasteiger partial charge in [0.1, 0.15) is 5.75 Å². The fraction of sp³-hybridized carbons (Fsp3) is 0.316. The largest absolute Gasteiger partial charge is 0.491 e. The van der Waals surface area contributed by atoms with E-state index in [1.807, 2.05) is 45.0 Å². The Morgan fingerprint density at radius 3 is 2.29 bits per heavy atom. The third-order valence-corrected chi connectivity index (χ3v) is 4.99. The van der Waals surface area contributed by atoms with E-state index in [0.717, 1.165) is 17.0 Å². The van der Waals surface area contributed by atoms with Gasteiger partial charge in [-0.25, -0.2) is 13.1 Å². The monoisotopic (exact) mass is 518 g/mol. The second-order valence-electron chi connectivity index (χ2n) is 6.29. The molecule has 0 fully saturated rings. The van der Waals surface area contributed by atoms with Gasteiger partial charge in [0, 0.05) is 12.2 Å². The molecule has 154 valence electrons. The van der Waals surface area contributed by atoms with Gasteiger partial charge >= 0.3 is 0 Å². The predicted molar refractivity (Wildman–Crippen MR) is 124 cm³/mol. The van der Waals surface area contributed by atoms with Gasteiger partial charge in [0.15, 0.2) is 5.96 Å². The van der Waals surface area contributed by atoms with Gasteiger partial charge in [-0.05, 0) is 57.2 Å². The number of nitrogens with zero attached hydrogens (tertiary/aromatic N) is 1. The minimum absolute atomic E-state index is 0. The molecule has 0 radical (unpaired) electrons. The summed E-state index contributed by atoms with van der Waals surface area (Å²) < 4.78 is 32.4. The zero-order valence-corrected chi connectivity index (χ0v) is 19.3. The first-order valence-corrected chi connectivity index (χ1v) is 10.1. The van der Waals surface area contributed by atoms with E-state index < -0.39 is 10.0 Å². The lowest BCUT2D eigenvalue weighted by Gasteiger charge is -2.11. The average molecular weight is 518 g/mol. The number of anilines is 1. The average Bonchev–Trinajstić information content (AvgIpc) is 2.60. The van der Waals surface area contributed by atoms with E-state index >= 15 is 0 Å². The van der Waals surface area contributed by atoms with Crippen LogP contribution in [0.15, 0.2) is 58.4 Å². The standard InChI is InChI=1S/C19H26N4O3S.HI/c1-14(2)26-17-8-6-16(7-9-17)23-19(20)21-12-13-22-27(24,25)18-10-4-15(3)5-11-18;/h4-11,14,22H,12-13H2,1-3H3,(H3,20,21,23);1H. The lowest BCUT2D eigenvalue weighted by molar-refractivity contribution is 0.242. The summed E-state index contributed by atoms with van der Waals surface area (Å²) in [6.45, 7) is 6.20. The summed E-state index contributed by atoms with van der Waals surface area (Å²) in [5.74, 6) is 0.985. The molecular weight excluding hydrogens is 491 g/mol. The molecule has 0 saturated carbocycles. The molecule has 0 heterocycles. The van der Waals surface area contributed by atoms with E-state index in [9.17, 15) is 8.42 Å². The van der Waals surface area contributed by atoms with Gasteiger partial charge in [0.25, 0.3) is 0 Å². The minimum Gasteiger partial charge on any atom is -0.491 e. The second-order valence-corrected chi connectivity index (χ2v) is 8.06. The number of aryl methyl sites for hydroxylation is 1. The first kappa shape index (κ1) is 24.2. The van der Waals surface area contributed by atoms with Crippen molar-refractivity contribution in [1.82, 2.24) is 4.72 Å². The van der Waals surface area contributed by atoms with Crippen LogP contribution in [0.25, 0.3) is 0 Å². The molecule has 0 unspecified atom stereocenters. The van der Waals surface area contributed by atoms with Crippen LogP contribution in [-0.4, -0.2) is 33.6 Å². The fourth-order valence-corrected chi connectivity index (χ4v) is 3.25. The molecule has 2 rings (SSSR count). The van der Waals surface area contributed by atoms with Gasteiger partial charge in [0.05, 0.1) is 17.5 Å². The maximum Gasteiger partial charge on any atom is 0.240 e. The highest BCUT2D eigenvalue weighted by Gasteiger charge is 2.12. The van der Waals surface area contributed by atoms with E-state index in [1.54, 1.807) is 24.3 Å². The lowest BCUT2D eigenvalue weighted by Crippen LogP contribution is -2.28. The molecule has 0 bridgehead atoms. The van der Waals surface area contributed by atoms with Crippen molar-refractivity contribution in [2.24, 2.45) is 10.7 Å². The SMILES string of the molecule is Cc1ccc(S(=O)(=O)NCCN=C(N)Nc2ccc(OC(C)C)cc2)cc1.I. The maximum atomic E-state index is 12.2. The van der Waals surface area contributed by atoms with Crippen LogP contribution in [0, 0.1) is 6.92 Å². The van der Waals surface area contributed by atoms with Crippen molar-refractivity contribution in [3.8, 4) is 5.75 Å². The molecule has 28 heavy (non-hydrogen) atoms. The van der Waals surface area contributed by atoms with E-state index in [0.29, 0.717) is 0 Å². The van der Waals surface area contributed by atoms with Crippen LogP contribution in [0.5, 0.6) is 5.75 Å². The fourth-order valence-electron chi connectivity index (χ4n) is 2.23. The molecule has 0 aromatic heterocycles. The third-order valence-electron chi connectivity index (χ3n) is 3.52. The Morgan fingerprint density at radius 2 is 1.71 bits per heavy atom. The Labute approximate surface area is 183 Å². The number of hydrogen-bond donors (Lipinski definition) is 3. The highest BCUT2D eigenvalue weighted by Crippen LogP contribution is 2.16. The summed E-state index contributed by atoms with van der Waals surface area (Å²) in [6.07, 6.45) is 0.110. The van der Waals surface area contributed by atoms with Crippen LogP contribution in [0.4, 0.5) is 5.69 Å². The molecule has 0 saturated heterocycles. The van der Waals surface area contributed by atoms with Gasteiger partial charge in [-0.2, -0.15) is 0 Å². The molecule has 0 atom stereocenters. The Hall–Kier alpha value is -1.85. The van der Waals surface area contributed by atoms with Crippen LogP contribution in [0.1, 0.15) is 19.4 Å². The Morgan fingerprint density at radius 1 is 1.11 bits per heavy atom. The van der Waals surface area contributed by atoms with Crippen molar-refractivity contribution in [2.75, 3.05) is 18.4 Å². The number of benzene rings is 2. The zero-order chi connectivity index (χ0) is 19.9. The van der Waals surface area contributed by atoms with Crippen molar-refractivity contribution >= 4 is 45.6 Å². The van der Waals surface area contributed by atoms with Crippen molar-refractivity contribution in [2.45, 2.75) is 31.8 Å². The van der Waals surface area contributed by atoms with E-state index in [1.165, 1.54) is 0 Å². The van der Waals surface area contributed by atoms with Gasteiger partial charge in [0.2, 0.25) is 10.0 Å². The van der Waals surface area contributed by atoms with Crippen LogP contribution in [-0.2, 0) is 10.0 Å². The van der Waals surface area contributed by atoms with Crippen molar-refractivity contribution < 1.29 is 13.2 Å². The smallest absolute Gasteiger partial charge is 0.240 e. The van der Waals surface area contributed by atoms with Gasteiger partial charge in [-0.3, -0.25) is 4.99 Å². The second kappa shape index (κ2) is 11.2. The first-order chi connectivity index (χ1) is 12.8. The Balaban J connectivity index is 0.00000392. The number of sulfonamides is 1. The summed E-state index contributed by atoms with van der Waals surface area (Å²) in [4.78, 5) is 4.35.